The summed E-state index contributed by atoms with van der Waals surface area (Å²) in [5.41, 5.74) is 2.24. The van der Waals surface area contributed by atoms with Crippen LogP contribution in [0.2, 0.25) is 10.0 Å². The maximum absolute atomic E-state index is 12.2. The summed E-state index contributed by atoms with van der Waals surface area (Å²) in [6.07, 6.45) is 3.04. The minimum Gasteiger partial charge on any atom is -0.301 e. The predicted octanol–water partition coefficient (Wildman–Crippen LogP) is 3.95. The summed E-state index contributed by atoms with van der Waals surface area (Å²) in [5, 5.41) is 1.78. The average Bonchev–Trinajstić information content (AvgIpc) is 2.43. The van der Waals surface area contributed by atoms with E-state index in [4.69, 9.17) is 23.2 Å². The highest BCUT2D eigenvalue weighted by molar-refractivity contribution is 7.98. The summed E-state index contributed by atoms with van der Waals surface area (Å²) in [5.74, 6) is 0. The van der Waals surface area contributed by atoms with Gasteiger partial charge in [-0.05, 0) is 30.4 Å². The summed E-state index contributed by atoms with van der Waals surface area (Å²) in [7, 11) is 0. The van der Waals surface area contributed by atoms with Gasteiger partial charge in [0.1, 0.15) is 0 Å². The Morgan fingerprint density at radius 1 is 1.35 bits per heavy atom. The first-order valence-corrected chi connectivity index (χ1v) is 8.13. The van der Waals surface area contributed by atoms with Gasteiger partial charge < -0.3 is 4.98 Å². The number of benzene rings is 1. The topological polar surface area (TPSA) is 45.8 Å². The first-order valence-electron chi connectivity index (χ1n) is 6.15. The second kappa shape index (κ2) is 6.66. The molecule has 0 aliphatic carbocycles. The minimum absolute atomic E-state index is 0.104. The molecule has 0 saturated heterocycles. The zero-order valence-electron chi connectivity index (χ0n) is 11.2. The Labute approximate surface area is 131 Å². The monoisotopic (exact) mass is 328 g/mol. The van der Waals surface area contributed by atoms with Crippen molar-refractivity contribution in [3.63, 3.8) is 0 Å². The van der Waals surface area contributed by atoms with Gasteiger partial charge in [0.05, 0.1) is 5.69 Å². The van der Waals surface area contributed by atoms with Crippen molar-refractivity contribution >= 4 is 35.0 Å². The molecule has 0 unspecified atom stereocenters. The van der Waals surface area contributed by atoms with Crippen molar-refractivity contribution in [2.45, 2.75) is 24.9 Å². The Hall–Kier alpha value is -0.970. The number of nitrogens with one attached hydrogen (secondary N) is 1. The smallest absolute Gasteiger partial charge is 0.255 e. The van der Waals surface area contributed by atoms with E-state index < -0.39 is 0 Å². The minimum atomic E-state index is -0.104. The number of halogens is 2. The van der Waals surface area contributed by atoms with Gasteiger partial charge in [-0.25, -0.2) is 4.98 Å². The number of aromatic amines is 1. The molecule has 1 heterocycles. The quantitative estimate of drug-likeness (QED) is 0.682. The van der Waals surface area contributed by atoms with Crippen molar-refractivity contribution in [1.29, 1.82) is 0 Å². The molecule has 3 nitrogen and oxygen atoms in total. The highest BCUT2D eigenvalue weighted by Gasteiger charge is 2.12. The molecule has 0 atom stereocenters. The van der Waals surface area contributed by atoms with E-state index in [-0.39, 0.29) is 5.56 Å². The van der Waals surface area contributed by atoms with Crippen LogP contribution >= 0.6 is 35.0 Å². The van der Waals surface area contributed by atoms with Crippen molar-refractivity contribution in [1.82, 2.24) is 9.97 Å². The van der Waals surface area contributed by atoms with Crippen LogP contribution in [0.15, 0.2) is 28.2 Å². The zero-order chi connectivity index (χ0) is 14.7. The fourth-order valence-electron chi connectivity index (χ4n) is 1.95. The highest BCUT2D eigenvalue weighted by atomic mass is 35.5. The van der Waals surface area contributed by atoms with E-state index in [1.807, 2.05) is 19.2 Å². The first kappa shape index (κ1) is 15.4. The van der Waals surface area contributed by atoms with Crippen molar-refractivity contribution in [3.05, 3.63) is 55.4 Å². The normalized spacial score (nSPS) is 10.8. The molecular weight excluding hydrogens is 315 g/mol. The van der Waals surface area contributed by atoms with Gasteiger partial charge in [-0.3, -0.25) is 4.79 Å². The van der Waals surface area contributed by atoms with Crippen LogP contribution in [0.25, 0.3) is 0 Å². The van der Waals surface area contributed by atoms with Crippen LogP contribution in [0, 0.1) is 0 Å². The van der Waals surface area contributed by atoms with Crippen LogP contribution in [-0.4, -0.2) is 16.2 Å². The summed E-state index contributed by atoms with van der Waals surface area (Å²) >= 11 is 13.5. The Balaban J connectivity index is 2.45. The van der Waals surface area contributed by atoms with Crippen LogP contribution < -0.4 is 5.56 Å². The molecule has 0 fully saturated rings. The van der Waals surface area contributed by atoms with Gasteiger partial charge in [0, 0.05) is 22.0 Å². The Morgan fingerprint density at radius 2 is 2.10 bits per heavy atom. The van der Waals surface area contributed by atoms with E-state index in [0.717, 1.165) is 11.3 Å². The molecule has 0 amide bonds. The second-order valence-corrected chi connectivity index (χ2v) is 5.91. The third-order valence-electron chi connectivity index (χ3n) is 2.99. The van der Waals surface area contributed by atoms with Gasteiger partial charge in [0.15, 0.2) is 5.16 Å². The molecule has 0 bridgehead atoms. The maximum atomic E-state index is 12.2. The Morgan fingerprint density at radius 3 is 2.70 bits per heavy atom. The summed E-state index contributed by atoms with van der Waals surface area (Å²) in [4.78, 5) is 19.4. The van der Waals surface area contributed by atoms with Crippen molar-refractivity contribution < 1.29 is 0 Å². The van der Waals surface area contributed by atoms with Crippen LogP contribution in [0.3, 0.4) is 0 Å². The summed E-state index contributed by atoms with van der Waals surface area (Å²) < 4.78 is 0. The molecule has 6 heteroatoms. The molecule has 2 rings (SSSR count). The molecule has 0 saturated carbocycles. The van der Waals surface area contributed by atoms with Crippen LogP contribution in [0.4, 0.5) is 0 Å². The number of nitrogens with zero attached hydrogens (tertiary/aromatic N) is 1. The average molecular weight is 329 g/mol. The largest absolute Gasteiger partial charge is 0.301 e. The van der Waals surface area contributed by atoms with Gasteiger partial charge in [0.2, 0.25) is 0 Å². The fraction of sp³-hybridized carbons (Fsp3) is 0.286. The fourth-order valence-corrected chi connectivity index (χ4v) is 2.82. The predicted molar refractivity (Wildman–Crippen MR) is 85.3 cm³/mol. The van der Waals surface area contributed by atoms with E-state index in [2.05, 4.69) is 9.97 Å². The summed E-state index contributed by atoms with van der Waals surface area (Å²) in [6, 6.07) is 5.29. The Kier molecular flexibility index (Phi) is 5.13. The van der Waals surface area contributed by atoms with Crippen LogP contribution in [0.1, 0.15) is 23.7 Å². The number of hydrogen-bond acceptors (Lipinski definition) is 3. The lowest BCUT2D eigenvalue weighted by Gasteiger charge is -2.09. The first-order chi connectivity index (χ1) is 9.55. The van der Waals surface area contributed by atoms with Gasteiger partial charge >= 0.3 is 0 Å². The van der Waals surface area contributed by atoms with Crippen LogP contribution in [-0.2, 0) is 12.8 Å². The van der Waals surface area contributed by atoms with Crippen LogP contribution in [0.5, 0.6) is 0 Å². The lowest BCUT2D eigenvalue weighted by atomic mass is 10.0. The van der Waals surface area contributed by atoms with Gasteiger partial charge in [0.25, 0.3) is 5.56 Å². The molecule has 20 heavy (non-hydrogen) atoms. The molecule has 0 aliphatic rings. The zero-order valence-corrected chi connectivity index (χ0v) is 13.5. The second-order valence-electron chi connectivity index (χ2n) is 4.27. The summed E-state index contributed by atoms with van der Waals surface area (Å²) in [6.45, 7) is 1.98. The van der Waals surface area contributed by atoms with Gasteiger partial charge in [-0.1, -0.05) is 48.0 Å². The van der Waals surface area contributed by atoms with E-state index in [9.17, 15) is 4.79 Å². The highest BCUT2D eigenvalue weighted by Crippen LogP contribution is 2.23. The van der Waals surface area contributed by atoms with E-state index in [0.29, 0.717) is 33.6 Å². The van der Waals surface area contributed by atoms with Crippen molar-refractivity contribution in [3.8, 4) is 0 Å². The molecule has 0 radical (unpaired) electrons. The van der Waals surface area contributed by atoms with Crippen molar-refractivity contribution in [2.75, 3.05) is 6.26 Å². The van der Waals surface area contributed by atoms with E-state index >= 15 is 0 Å². The SMILES string of the molecule is CCc1nc(SC)[nH]c(=O)c1Cc1ccc(Cl)cc1Cl. The standard InChI is InChI=1S/C14H14Cl2N2OS/c1-3-12-10(13(19)18-14(17-12)20-2)6-8-4-5-9(15)7-11(8)16/h4-5,7H,3,6H2,1-2H3,(H,17,18,19). The number of rotatable bonds is 4. The molecule has 2 aromatic rings. The third kappa shape index (κ3) is 3.37. The number of aromatic nitrogens is 2. The third-order valence-corrected chi connectivity index (χ3v) is 4.16. The van der Waals surface area contributed by atoms with Gasteiger partial charge in [-0.2, -0.15) is 0 Å². The molecule has 0 spiro atoms. The molecule has 1 N–H and O–H groups in total. The number of H-pyrrole nitrogens is 1. The van der Waals surface area contributed by atoms with E-state index in [1.54, 1.807) is 12.1 Å². The number of hydrogen-bond donors (Lipinski definition) is 1. The molecule has 0 aliphatic heterocycles. The number of aryl methyl sites for hydroxylation is 1. The lowest BCUT2D eigenvalue weighted by molar-refractivity contribution is 0.833. The van der Waals surface area contributed by atoms with E-state index in [1.165, 1.54) is 11.8 Å². The lowest BCUT2D eigenvalue weighted by Crippen LogP contribution is -2.19. The Bertz CT molecular complexity index is 685. The maximum Gasteiger partial charge on any atom is 0.255 e. The molecular formula is C14H14Cl2N2OS. The molecule has 106 valence electrons. The van der Waals surface area contributed by atoms with Crippen molar-refractivity contribution in [2.24, 2.45) is 0 Å². The molecule has 1 aromatic carbocycles. The number of thioether (sulfide) groups is 1. The van der Waals surface area contributed by atoms with Gasteiger partial charge in [-0.15, -0.1) is 0 Å². The molecule has 1 aromatic heterocycles.